The van der Waals surface area contributed by atoms with Gasteiger partial charge in [0.25, 0.3) is 0 Å². The Labute approximate surface area is 53.8 Å². The highest BCUT2D eigenvalue weighted by atomic mass is 16.5. The molecule has 0 spiro atoms. The van der Waals surface area contributed by atoms with Crippen LogP contribution in [-0.4, -0.2) is 37.9 Å². The summed E-state index contributed by atoms with van der Waals surface area (Å²) in [7, 11) is 1.58. The number of ether oxygens (including phenoxy) is 1. The van der Waals surface area contributed by atoms with Gasteiger partial charge in [-0.05, 0) is 0 Å². The molecule has 0 radical (unpaired) electrons. The molecule has 0 bridgehead atoms. The summed E-state index contributed by atoms with van der Waals surface area (Å²) in [6, 6.07) is -0.0307. The fourth-order valence-corrected chi connectivity index (χ4v) is 0.790. The van der Waals surface area contributed by atoms with Crippen molar-refractivity contribution in [2.24, 2.45) is 0 Å². The highest BCUT2D eigenvalue weighted by Crippen LogP contribution is 1.94. The molecule has 0 aromatic carbocycles. The van der Waals surface area contributed by atoms with Gasteiger partial charge in [-0.1, -0.05) is 0 Å². The van der Waals surface area contributed by atoms with Crippen molar-refractivity contribution in [1.29, 1.82) is 0 Å². The van der Waals surface area contributed by atoms with Gasteiger partial charge in [-0.25, -0.2) is 4.79 Å². The zero-order valence-corrected chi connectivity index (χ0v) is 5.39. The average Bonchev–Trinajstić information content (AvgIpc) is 2.18. The van der Waals surface area contributed by atoms with E-state index in [1.54, 1.807) is 12.0 Å². The Morgan fingerprint density at radius 1 is 1.89 bits per heavy atom. The van der Waals surface area contributed by atoms with Crippen LogP contribution in [0.4, 0.5) is 4.79 Å². The van der Waals surface area contributed by atoms with E-state index in [1.807, 2.05) is 0 Å². The predicted octanol–water partition coefficient (Wildman–Crippen LogP) is -0.385. The second-order valence-corrected chi connectivity index (χ2v) is 1.91. The Balaban J connectivity index is 2.31. The van der Waals surface area contributed by atoms with Gasteiger partial charge in [-0.3, -0.25) is 4.90 Å². The van der Waals surface area contributed by atoms with Gasteiger partial charge in [-0.15, -0.1) is 0 Å². The summed E-state index contributed by atoms with van der Waals surface area (Å²) in [5, 5.41) is 2.66. The largest absolute Gasteiger partial charge is 0.364 e. The van der Waals surface area contributed by atoms with E-state index in [-0.39, 0.29) is 6.03 Å². The number of urea groups is 1. The van der Waals surface area contributed by atoms with Crippen molar-refractivity contribution in [3.63, 3.8) is 0 Å². The molecule has 9 heavy (non-hydrogen) atoms. The van der Waals surface area contributed by atoms with Gasteiger partial charge < -0.3 is 10.1 Å². The van der Waals surface area contributed by atoms with Gasteiger partial charge in [0.2, 0.25) is 0 Å². The molecule has 1 heterocycles. The molecule has 1 N–H and O–H groups in total. The number of nitrogens with zero attached hydrogens (tertiary/aromatic N) is 1. The molecule has 2 amide bonds. The number of amides is 2. The van der Waals surface area contributed by atoms with Crippen LogP contribution in [0, 0.1) is 0 Å². The Morgan fingerprint density at radius 3 is 3.11 bits per heavy atom. The van der Waals surface area contributed by atoms with Crippen LogP contribution in [0.2, 0.25) is 0 Å². The second kappa shape index (κ2) is 2.68. The molecule has 0 unspecified atom stereocenters. The first-order chi connectivity index (χ1) is 4.34. The van der Waals surface area contributed by atoms with Crippen molar-refractivity contribution in [1.82, 2.24) is 10.2 Å². The monoisotopic (exact) mass is 130 g/mol. The normalized spacial score (nSPS) is 18.3. The minimum atomic E-state index is -0.0307. The van der Waals surface area contributed by atoms with Crippen molar-refractivity contribution in [3.8, 4) is 0 Å². The van der Waals surface area contributed by atoms with E-state index in [0.717, 1.165) is 13.1 Å². The topological polar surface area (TPSA) is 41.6 Å². The third kappa shape index (κ3) is 1.32. The first-order valence-corrected chi connectivity index (χ1v) is 2.86. The minimum Gasteiger partial charge on any atom is -0.364 e. The van der Waals surface area contributed by atoms with Crippen molar-refractivity contribution in [2.45, 2.75) is 0 Å². The highest BCUT2D eigenvalue weighted by molar-refractivity contribution is 5.75. The lowest BCUT2D eigenvalue weighted by Gasteiger charge is -2.10. The van der Waals surface area contributed by atoms with Crippen molar-refractivity contribution < 1.29 is 9.53 Å². The smallest absolute Gasteiger partial charge is 0.319 e. The summed E-state index contributed by atoms with van der Waals surface area (Å²) >= 11 is 0. The molecule has 4 heteroatoms. The van der Waals surface area contributed by atoms with Gasteiger partial charge in [0.15, 0.2) is 0 Å². The van der Waals surface area contributed by atoms with Crippen LogP contribution in [0.15, 0.2) is 0 Å². The molecule has 1 saturated heterocycles. The number of hydrogen-bond donors (Lipinski definition) is 1. The van der Waals surface area contributed by atoms with Gasteiger partial charge in [0.05, 0.1) is 0 Å². The van der Waals surface area contributed by atoms with E-state index >= 15 is 0 Å². The highest BCUT2D eigenvalue weighted by Gasteiger charge is 2.17. The van der Waals surface area contributed by atoms with Crippen LogP contribution in [0.25, 0.3) is 0 Å². The fraction of sp³-hybridized carbons (Fsp3) is 0.800. The number of rotatable bonds is 2. The lowest BCUT2D eigenvalue weighted by atomic mass is 10.6. The van der Waals surface area contributed by atoms with Crippen LogP contribution < -0.4 is 5.32 Å². The summed E-state index contributed by atoms with van der Waals surface area (Å²) in [5.41, 5.74) is 0. The number of carbonyl (C=O) groups excluding carboxylic acids is 1. The van der Waals surface area contributed by atoms with Crippen LogP contribution in [0.1, 0.15) is 0 Å². The maximum Gasteiger partial charge on any atom is 0.319 e. The number of nitrogens with one attached hydrogen (secondary N) is 1. The van der Waals surface area contributed by atoms with Gasteiger partial charge in [-0.2, -0.15) is 0 Å². The Bertz CT molecular complexity index is 116. The van der Waals surface area contributed by atoms with Crippen molar-refractivity contribution in [3.05, 3.63) is 0 Å². The average molecular weight is 130 g/mol. The predicted molar refractivity (Wildman–Crippen MR) is 32.0 cm³/mol. The van der Waals surface area contributed by atoms with E-state index in [2.05, 4.69) is 5.32 Å². The summed E-state index contributed by atoms with van der Waals surface area (Å²) < 4.78 is 4.76. The molecule has 1 aliphatic heterocycles. The van der Waals surface area contributed by atoms with Gasteiger partial charge in [0.1, 0.15) is 6.73 Å². The quantitative estimate of drug-likeness (QED) is 0.553. The molecular weight excluding hydrogens is 120 g/mol. The van der Waals surface area contributed by atoms with Gasteiger partial charge in [0, 0.05) is 20.2 Å². The minimum absolute atomic E-state index is 0.0307. The zero-order valence-electron chi connectivity index (χ0n) is 5.39. The number of methoxy groups -OCH3 is 1. The Kier molecular flexibility index (Phi) is 1.89. The molecule has 1 rings (SSSR count). The van der Waals surface area contributed by atoms with Crippen molar-refractivity contribution >= 4 is 6.03 Å². The fourth-order valence-electron chi connectivity index (χ4n) is 0.790. The van der Waals surface area contributed by atoms with E-state index in [0.29, 0.717) is 6.73 Å². The number of carbonyl (C=O) groups is 1. The molecular formula is C5H10N2O2. The lowest BCUT2D eigenvalue weighted by molar-refractivity contribution is 0.0969. The third-order valence-corrected chi connectivity index (χ3v) is 1.23. The second-order valence-electron chi connectivity index (χ2n) is 1.91. The Morgan fingerprint density at radius 2 is 2.67 bits per heavy atom. The van der Waals surface area contributed by atoms with E-state index in [1.165, 1.54) is 0 Å². The van der Waals surface area contributed by atoms with Crippen molar-refractivity contribution in [2.75, 3.05) is 26.9 Å². The lowest BCUT2D eigenvalue weighted by Crippen LogP contribution is -2.29. The maximum atomic E-state index is 10.7. The van der Waals surface area contributed by atoms with Crippen LogP contribution in [0.3, 0.4) is 0 Å². The third-order valence-electron chi connectivity index (χ3n) is 1.23. The molecule has 1 aliphatic rings. The summed E-state index contributed by atoms with van der Waals surface area (Å²) in [6.07, 6.45) is 0. The molecule has 52 valence electrons. The molecule has 1 fully saturated rings. The molecule has 0 aromatic rings. The number of hydrogen-bond acceptors (Lipinski definition) is 2. The molecule has 0 aromatic heterocycles. The summed E-state index contributed by atoms with van der Waals surface area (Å²) in [5.74, 6) is 0. The molecule has 0 aliphatic carbocycles. The standard InChI is InChI=1S/C5H10N2O2/c1-9-4-7-3-2-6-5(7)8/h2-4H2,1H3,(H,6,8). The van der Waals surface area contributed by atoms with E-state index < -0.39 is 0 Å². The van der Waals surface area contributed by atoms with Gasteiger partial charge >= 0.3 is 6.03 Å². The van der Waals surface area contributed by atoms with E-state index in [9.17, 15) is 4.79 Å². The zero-order chi connectivity index (χ0) is 6.69. The molecule has 4 nitrogen and oxygen atoms in total. The summed E-state index contributed by atoms with van der Waals surface area (Å²) in [6.45, 7) is 1.89. The van der Waals surface area contributed by atoms with E-state index in [4.69, 9.17) is 4.74 Å². The van der Waals surface area contributed by atoms with Crippen LogP contribution in [-0.2, 0) is 4.74 Å². The SMILES string of the molecule is COCN1CCNC1=O. The van der Waals surface area contributed by atoms with Crippen LogP contribution in [0.5, 0.6) is 0 Å². The summed E-state index contributed by atoms with van der Waals surface area (Å²) in [4.78, 5) is 12.3. The van der Waals surface area contributed by atoms with Crippen LogP contribution >= 0.6 is 0 Å². The maximum absolute atomic E-state index is 10.7. The molecule has 0 atom stereocenters. The Hall–Kier alpha value is -0.770. The first kappa shape index (κ1) is 6.35. The first-order valence-electron chi connectivity index (χ1n) is 2.86. The molecule has 0 saturated carbocycles.